The van der Waals surface area contributed by atoms with E-state index in [1.54, 1.807) is 6.92 Å². The number of carbonyl (C=O) groups excluding carboxylic acids is 3. The summed E-state index contributed by atoms with van der Waals surface area (Å²) in [6.45, 7) is 2.48. The minimum Gasteiger partial charge on any atom is -0.445 e. The molecule has 0 spiro atoms. The van der Waals surface area contributed by atoms with Gasteiger partial charge >= 0.3 is 6.09 Å². The van der Waals surface area contributed by atoms with E-state index in [1.807, 2.05) is 60.7 Å². The van der Waals surface area contributed by atoms with E-state index >= 15 is 0 Å². The Morgan fingerprint density at radius 2 is 1.54 bits per heavy atom. The fraction of sp³-hybridized carbons (Fsp3) is 0.318. The van der Waals surface area contributed by atoms with Gasteiger partial charge in [-0.05, 0) is 11.1 Å². The quantitative estimate of drug-likeness (QED) is 0.684. The van der Waals surface area contributed by atoms with Gasteiger partial charge in [-0.15, -0.1) is 0 Å². The molecule has 0 aliphatic heterocycles. The number of hydrogen-bond donors (Lipinski definition) is 1. The number of benzene rings is 2. The Labute approximate surface area is 165 Å². The molecule has 0 saturated carbocycles. The van der Waals surface area contributed by atoms with E-state index < -0.39 is 6.09 Å². The summed E-state index contributed by atoms with van der Waals surface area (Å²) in [5, 5.41) is 2.58. The van der Waals surface area contributed by atoms with Crippen molar-refractivity contribution in [2.75, 3.05) is 13.1 Å². The van der Waals surface area contributed by atoms with Gasteiger partial charge in [0.1, 0.15) is 6.61 Å². The molecule has 6 nitrogen and oxygen atoms in total. The zero-order valence-corrected chi connectivity index (χ0v) is 16.1. The Hall–Kier alpha value is -3.15. The first-order valence-corrected chi connectivity index (χ1v) is 9.36. The third kappa shape index (κ3) is 7.61. The molecule has 0 heterocycles. The number of ether oxygens (including phenoxy) is 1. The van der Waals surface area contributed by atoms with Crippen LogP contribution in [0.2, 0.25) is 0 Å². The molecule has 2 amide bonds. The predicted octanol–water partition coefficient (Wildman–Crippen LogP) is 3.31. The molecule has 1 N–H and O–H groups in total. The number of carbonyl (C=O) groups is 3. The van der Waals surface area contributed by atoms with Crippen LogP contribution in [0.4, 0.5) is 4.79 Å². The van der Waals surface area contributed by atoms with Crippen LogP contribution in [0.5, 0.6) is 0 Å². The predicted molar refractivity (Wildman–Crippen MR) is 106 cm³/mol. The molecule has 6 heteroatoms. The lowest BCUT2D eigenvalue weighted by Crippen LogP contribution is -2.36. The van der Waals surface area contributed by atoms with Crippen molar-refractivity contribution >= 4 is 17.8 Å². The van der Waals surface area contributed by atoms with Crippen molar-refractivity contribution in [2.24, 2.45) is 0 Å². The second-order valence-electron chi connectivity index (χ2n) is 6.37. The van der Waals surface area contributed by atoms with E-state index in [2.05, 4.69) is 5.32 Å². The Kier molecular flexibility index (Phi) is 8.72. The molecular formula is C22H26N2O4. The summed E-state index contributed by atoms with van der Waals surface area (Å²) < 4.78 is 5.41. The number of Topliss-reactive ketones (excluding diaryl/α,β-unsaturated/α-hetero) is 1. The molecule has 2 aromatic carbocycles. The molecular weight excluding hydrogens is 356 g/mol. The minimum atomic E-state index is -0.481. The van der Waals surface area contributed by atoms with Gasteiger partial charge in [0.25, 0.3) is 0 Å². The van der Waals surface area contributed by atoms with E-state index in [1.165, 1.54) is 4.90 Å². The number of amides is 2. The van der Waals surface area contributed by atoms with Crippen molar-refractivity contribution in [1.82, 2.24) is 10.2 Å². The second-order valence-corrected chi connectivity index (χ2v) is 6.37. The maximum absolute atomic E-state index is 12.6. The topological polar surface area (TPSA) is 75.7 Å². The average Bonchev–Trinajstić information content (AvgIpc) is 2.74. The number of nitrogens with one attached hydrogen (secondary N) is 1. The molecule has 0 radical (unpaired) electrons. The maximum Gasteiger partial charge on any atom is 0.410 e. The molecule has 0 aliphatic carbocycles. The number of rotatable bonds is 10. The van der Waals surface area contributed by atoms with E-state index in [0.717, 1.165) is 11.1 Å². The fourth-order valence-electron chi connectivity index (χ4n) is 2.50. The standard InChI is InChI=1S/C22H26N2O4/c1-2-20(25)15-23-21(26)13-14-24(16-18-9-5-3-6-10-18)22(27)28-17-19-11-7-4-8-12-19/h3-12H,2,13-17H2,1H3,(H,23,26). The third-order valence-electron chi connectivity index (χ3n) is 4.17. The summed E-state index contributed by atoms with van der Waals surface area (Å²) in [6, 6.07) is 18.9. The summed E-state index contributed by atoms with van der Waals surface area (Å²) in [4.78, 5) is 37.4. The normalized spacial score (nSPS) is 10.2. The fourth-order valence-corrected chi connectivity index (χ4v) is 2.50. The Morgan fingerprint density at radius 1 is 0.929 bits per heavy atom. The van der Waals surface area contributed by atoms with Gasteiger partial charge in [-0.2, -0.15) is 0 Å². The highest BCUT2D eigenvalue weighted by molar-refractivity contribution is 5.86. The van der Waals surface area contributed by atoms with Crippen LogP contribution in [0.1, 0.15) is 30.9 Å². The lowest BCUT2D eigenvalue weighted by atomic mass is 10.2. The van der Waals surface area contributed by atoms with Gasteiger partial charge in [0.2, 0.25) is 5.91 Å². The Balaban J connectivity index is 1.93. The molecule has 2 rings (SSSR count). The molecule has 0 saturated heterocycles. The summed E-state index contributed by atoms with van der Waals surface area (Å²) >= 11 is 0. The van der Waals surface area contributed by atoms with Gasteiger partial charge in [0.05, 0.1) is 6.54 Å². The number of ketones is 1. The van der Waals surface area contributed by atoms with Gasteiger partial charge < -0.3 is 15.0 Å². The van der Waals surface area contributed by atoms with Crippen molar-refractivity contribution in [3.63, 3.8) is 0 Å². The van der Waals surface area contributed by atoms with Crippen molar-refractivity contribution in [1.29, 1.82) is 0 Å². The highest BCUT2D eigenvalue weighted by Crippen LogP contribution is 2.09. The van der Waals surface area contributed by atoms with E-state index in [-0.39, 0.29) is 37.8 Å². The zero-order chi connectivity index (χ0) is 20.2. The van der Waals surface area contributed by atoms with Crippen LogP contribution >= 0.6 is 0 Å². The van der Waals surface area contributed by atoms with E-state index in [4.69, 9.17) is 4.74 Å². The van der Waals surface area contributed by atoms with Crippen LogP contribution in [0.15, 0.2) is 60.7 Å². The molecule has 0 aromatic heterocycles. The summed E-state index contributed by atoms with van der Waals surface area (Å²) in [5.74, 6) is -0.299. The number of hydrogen-bond acceptors (Lipinski definition) is 4. The minimum absolute atomic E-state index is 0.0203. The van der Waals surface area contributed by atoms with Gasteiger partial charge in [-0.25, -0.2) is 4.79 Å². The highest BCUT2D eigenvalue weighted by Gasteiger charge is 2.17. The van der Waals surface area contributed by atoms with Crippen molar-refractivity contribution in [3.8, 4) is 0 Å². The van der Waals surface area contributed by atoms with Crippen LogP contribution in [0.3, 0.4) is 0 Å². The SMILES string of the molecule is CCC(=O)CNC(=O)CCN(Cc1ccccc1)C(=O)OCc1ccccc1. The van der Waals surface area contributed by atoms with Crippen LogP contribution in [0, 0.1) is 0 Å². The van der Waals surface area contributed by atoms with Gasteiger partial charge in [-0.1, -0.05) is 67.6 Å². The van der Waals surface area contributed by atoms with E-state index in [0.29, 0.717) is 13.0 Å². The monoisotopic (exact) mass is 382 g/mol. The smallest absolute Gasteiger partial charge is 0.410 e. The van der Waals surface area contributed by atoms with Gasteiger partial charge in [0, 0.05) is 25.9 Å². The van der Waals surface area contributed by atoms with Crippen LogP contribution in [-0.4, -0.2) is 35.8 Å². The first kappa shape index (κ1) is 21.2. The highest BCUT2D eigenvalue weighted by atomic mass is 16.6. The molecule has 148 valence electrons. The molecule has 28 heavy (non-hydrogen) atoms. The molecule has 2 aromatic rings. The first-order valence-electron chi connectivity index (χ1n) is 9.36. The van der Waals surface area contributed by atoms with Crippen LogP contribution in [-0.2, 0) is 27.5 Å². The molecule has 0 unspecified atom stereocenters. The largest absolute Gasteiger partial charge is 0.445 e. The number of nitrogens with zero attached hydrogens (tertiary/aromatic N) is 1. The van der Waals surface area contributed by atoms with Crippen LogP contribution in [0.25, 0.3) is 0 Å². The molecule has 0 atom stereocenters. The van der Waals surface area contributed by atoms with Crippen molar-refractivity contribution in [3.05, 3.63) is 71.8 Å². The maximum atomic E-state index is 12.6. The van der Waals surface area contributed by atoms with Gasteiger partial charge in [0.15, 0.2) is 5.78 Å². The molecule has 0 bridgehead atoms. The molecule has 0 fully saturated rings. The Bertz CT molecular complexity index is 763. The zero-order valence-electron chi connectivity index (χ0n) is 16.1. The average molecular weight is 382 g/mol. The Morgan fingerprint density at radius 3 is 2.14 bits per heavy atom. The molecule has 0 aliphatic rings. The van der Waals surface area contributed by atoms with Crippen molar-refractivity contribution in [2.45, 2.75) is 32.9 Å². The summed E-state index contributed by atoms with van der Waals surface area (Å²) in [6.07, 6.45) is 0.00128. The van der Waals surface area contributed by atoms with Crippen molar-refractivity contribution < 1.29 is 19.1 Å². The summed E-state index contributed by atoms with van der Waals surface area (Å²) in [5.41, 5.74) is 1.84. The van der Waals surface area contributed by atoms with E-state index in [9.17, 15) is 14.4 Å². The lowest BCUT2D eigenvalue weighted by Gasteiger charge is -2.22. The van der Waals surface area contributed by atoms with Gasteiger partial charge in [-0.3, -0.25) is 9.59 Å². The third-order valence-corrected chi connectivity index (χ3v) is 4.17. The first-order chi connectivity index (χ1) is 13.6. The summed E-state index contributed by atoms with van der Waals surface area (Å²) in [7, 11) is 0. The van der Waals surface area contributed by atoms with Crippen LogP contribution < -0.4 is 5.32 Å². The second kappa shape index (κ2) is 11.5. The lowest BCUT2D eigenvalue weighted by molar-refractivity contribution is -0.125.